The summed E-state index contributed by atoms with van der Waals surface area (Å²) in [6.45, 7) is 5.86. The molecule has 1 aromatic carbocycles. The Bertz CT molecular complexity index is 679. The molecule has 1 heterocycles. The van der Waals surface area contributed by atoms with Crippen molar-refractivity contribution in [2.24, 2.45) is 0 Å². The number of aliphatic hydroxyl groups excluding tert-OH is 1. The summed E-state index contributed by atoms with van der Waals surface area (Å²) in [6.07, 6.45) is 1.43. The van der Waals surface area contributed by atoms with Gasteiger partial charge >= 0.3 is 5.97 Å². The van der Waals surface area contributed by atoms with E-state index in [9.17, 15) is 14.7 Å². The summed E-state index contributed by atoms with van der Waals surface area (Å²) < 4.78 is 5.54. The molecule has 0 bridgehead atoms. The molecule has 0 unspecified atom stereocenters. The number of rotatable bonds is 1. The van der Waals surface area contributed by atoms with Gasteiger partial charge in [-0.1, -0.05) is 17.7 Å². The highest BCUT2D eigenvalue weighted by molar-refractivity contribution is 6.20. The summed E-state index contributed by atoms with van der Waals surface area (Å²) >= 11 is 0. The summed E-state index contributed by atoms with van der Waals surface area (Å²) in [5.41, 5.74) is 3.03. The number of aryl methyl sites for hydroxylation is 3. The summed E-state index contributed by atoms with van der Waals surface area (Å²) in [6, 6.07) is 3.98. The lowest BCUT2D eigenvalue weighted by Gasteiger charge is -2.31. The number of ether oxygens (including phenoxy) is 1. The van der Waals surface area contributed by atoms with E-state index in [-0.39, 0.29) is 17.1 Å². The van der Waals surface area contributed by atoms with Gasteiger partial charge in [-0.2, -0.15) is 0 Å². The average molecular weight is 300 g/mol. The second-order valence-electron chi connectivity index (χ2n) is 6.42. The van der Waals surface area contributed by atoms with Crippen molar-refractivity contribution in [3.8, 4) is 0 Å². The molecule has 0 aromatic heterocycles. The van der Waals surface area contributed by atoms with Gasteiger partial charge in [0.1, 0.15) is 11.4 Å². The maximum atomic E-state index is 12.4. The zero-order valence-corrected chi connectivity index (χ0v) is 13.2. The molecule has 0 atom stereocenters. The number of carbonyl (C=O) groups is 2. The molecule has 1 aromatic rings. The number of hydrogen-bond donors (Lipinski definition) is 1. The Morgan fingerprint density at radius 1 is 1.05 bits per heavy atom. The normalized spacial score (nSPS) is 20.7. The van der Waals surface area contributed by atoms with Crippen LogP contribution in [0.4, 0.5) is 0 Å². The first kappa shape index (κ1) is 14.8. The number of carbonyl (C=O) groups excluding carboxylic acids is 2. The zero-order valence-electron chi connectivity index (χ0n) is 13.2. The van der Waals surface area contributed by atoms with E-state index in [1.807, 2.05) is 32.9 Å². The number of ketones is 1. The molecule has 0 saturated heterocycles. The maximum Gasteiger partial charge on any atom is 0.343 e. The van der Waals surface area contributed by atoms with Crippen LogP contribution in [0.25, 0.3) is 5.57 Å². The van der Waals surface area contributed by atoms with Crippen molar-refractivity contribution < 1.29 is 19.4 Å². The Kier molecular flexibility index (Phi) is 3.35. The third-order valence-electron chi connectivity index (χ3n) is 4.70. The van der Waals surface area contributed by atoms with Crippen LogP contribution in [0.1, 0.15) is 47.9 Å². The van der Waals surface area contributed by atoms with E-state index in [4.69, 9.17) is 4.74 Å². The first-order valence-corrected chi connectivity index (χ1v) is 7.61. The topological polar surface area (TPSA) is 63.6 Å². The van der Waals surface area contributed by atoms with Gasteiger partial charge in [-0.05, 0) is 37.5 Å². The number of Topliss-reactive ketones (excluding diaryl/α,β-unsaturated/α-hetero) is 1. The number of benzene rings is 1. The minimum atomic E-state index is -0.996. The van der Waals surface area contributed by atoms with Crippen molar-refractivity contribution in [1.29, 1.82) is 0 Å². The molecule has 1 saturated carbocycles. The molecule has 116 valence electrons. The van der Waals surface area contributed by atoms with Crippen LogP contribution >= 0.6 is 0 Å². The van der Waals surface area contributed by atoms with E-state index in [0.29, 0.717) is 25.7 Å². The molecule has 3 rings (SSSR count). The van der Waals surface area contributed by atoms with Gasteiger partial charge < -0.3 is 9.84 Å². The molecule has 1 fully saturated rings. The monoisotopic (exact) mass is 300 g/mol. The highest BCUT2D eigenvalue weighted by Gasteiger charge is 2.50. The van der Waals surface area contributed by atoms with Crippen LogP contribution in [0.3, 0.4) is 0 Å². The highest BCUT2D eigenvalue weighted by atomic mass is 16.6. The summed E-state index contributed by atoms with van der Waals surface area (Å²) in [7, 11) is 0. The van der Waals surface area contributed by atoms with E-state index >= 15 is 0 Å². The van der Waals surface area contributed by atoms with E-state index in [1.54, 1.807) is 0 Å². The first-order chi connectivity index (χ1) is 10.3. The third-order valence-corrected chi connectivity index (χ3v) is 4.70. The van der Waals surface area contributed by atoms with Crippen molar-refractivity contribution in [2.75, 3.05) is 0 Å². The lowest BCUT2D eigenvalue weighted by atomic mass is 9.81. The minimum Gasteiger partial charge on any atom is -0.507 e. The van der Waals surface area contributed by atoms with Gasteiger partial charge in [0.2, 0.25) is 0 Å². The Morgan fingerprint density at radius 2 is 1.59 bits per heavy atom. The predicted octanol–water partition coefficient (Wildman–Crippen LogP) is 3.32. The molecule has 22 heavy (non-hydrogen) atoms. The molecule has 0 radical (unpaired) electrons. The molecule has 2 aliphatic rings. The SMILES string of the molecule is Cc1cc(C)c(C2=C(O)C3(CCC(=O)CC3)OC2=O)c(C)c1. The standard InChI is InChI=1S/C18H20O4/c1-10-8-11(2)14(12(3)9-10)15-16(20)18(22-17(15)21)6-4-13(19)5-7-18/h8-9,20H,4-7H2,1-3H3. The van der Waals surface area contributed by atoms with Gasteiger partial charge in [-0.15, -0.1) is 0 Å². The van der Waals surface area contributed by atoms with E-state index in [2.05, 4.69) is 0 Å². The fourth-order valence-corrected chi connectivity index (χ4v) is 3.67. The van der Waals surface area contributed by atoms with Crippen LogP contribution in [-0.4, -0.2) is 22.5 Å². The van der Waals surface area contributed by atoms with Gasteiger partial charge in [-0.3, -0.25) is 4.79 Å². The largest absolute Gasteiger partial charge is 0.507 e. The second-order valence-corrected chi connectivity index (χ2v) is 6.42. The molecular weight excluding hydrogens is 280 g/mol. The van der Waals surface area contributed by atoms with Crippen LogP contribution < -0.4 is 0 Å². The maximum absolute atomic E-state index is 12.4. The highest BCUT2D eigenvalue weighted by Crippen LogP contribution is 2.45. The van der Waals surface area contributed by atoms with Gasteiger partial charge in [-0.25, -0.2) is 4.79 Å². The second kappa shape index (κ2) is 4.97. The number of hydrogen-bond acceptors (Lipinski definition) is 4. The molecule has 4 heteroatoms. The van der Waals surface area contributed by atoms with E-state index < -0.39 is 11.6 Å². The van der Waals surface area contributed by atoms with Gasteiger partial charge in [0.25, 0.3) is 0 Å². The van der Waals surface area contributed by atoms with Crippen LogP contribution in [0.15, 0.2) is 17.9 Å². The number of aliphatic hydroxyl groups is 1. The Hall–Kier alpha value is -2.10. The first-order valence-electron chi connectivity index (χ1n) is 7.61. The van der Waals surface area contributed by atoms with Crippen LogP contribution in [0.5, 0.6) is 0 Å². The Morgan fingerprint density at radius 3 is 2.14 bits per heavy atom. The predicted molar refractivity (Wildman–Crippen MR) is 82.5 cm³/mol. The lowest BCUT2D eigenvalue weighted by Crippen LogP contribution is -2.37. The quantitative estimate of drug-likeness (QED) is 0.808. The Balaban J connectivity index is 2.12. The van der Waals surface area contributed by atoms with Crippen molar-refractivity contribution in [3.63, 3.8) is 0 Å². The minimum absolute atomic E-state index is 0.0000491. The third kappa shape index (κ3) is 2.14. The van der Waals surface area contributed by atoms with Crippen molar-refractivity contribution >= 4 is 17.3 Å². The van der Waals surface area contributed by atoms with E-state index in [0.717, 1.165) is 22.3 Å². The summed E-state index contributed by atoms with van der Waals surface area (Å²) in [5.74, 6) is -0.326. The van der Waals surface area contributed by atoms with Crippen molar-refractivity contribution in [1.82, 2.24) is 0 Å². The van der Waals surface area contributed by atoms with Gasteiger partial charge in [0.05, 0.1) is 0 Å². The molecule has 1 aliphatic carbocycles. The van der Waals surface area contributed by atoms with Crippen LogP contribution in [0, 0.1) is 20.8 Å². The Labute approximate surface area is 129 Å². The smallest absolute Gasteiger partial charge is 0.343 e. The molecule has 4 nitrogen and oxygen atoms in total. The number of esters is 1. The van der Waals surface area contributed by atoms with Crippen LogP contribution in [-0.2, 0) is 14.3 Å². The molecule has 0 amide bonds. The molecule has 1 N–H and O–H groups in total. The van der Waals surface area contributed by atoms with E-state index in [1.165, 1.54) is 0 Å². The summed E-state index contributed by atoms with van der Waals surface area (Å²) in [5, 5.41) is 10.7. The summed E-state index contributed by atoms with van der Waals surface area (Å²) in [4.78, 5) is 23.9. The lowest BCUT2D eigenvalue weighted by molar-refractivity contribution is -0.151. The van der Waals surface area contributed by atoms with Crippen LogP contribution in [0.2, 0.25) is 0 Å². The van der Waals surface area contributed by atoms with Gasteiger partial charge in [0, 0.05) is 25.7 Å². The fraction of sp³-hybridized carbons (Fsp3) is 0.444. The fourth-order valence-electron chi connectivity index (χ4n) is 3.67. The molecule has 1 aliphatic heterocycles. The van der Waals surface area contributed by atoms with Crippen molar-refractivity contribution in [3.05, 3.63) is 40.1 Å². The zero-order chi connectivity index (χ0) is 16.1. The molecular formula is C18H20O4. The van der Waals surface area contributed by atoms with Gasteiger partial charge in [0.15, 0.2) is 11.4 Å². The average Bonchev–Trinajstić information content (AvgIpc) is 2.66. The molecule has 1 spiro atoms. The van der Waals surface area contributed by atoms with Crippen molar-refractivity contribution in [2.45, 2.75) is 52.1 Å².